The largest absolute Gasteiger partial charge is 0.494 e. The van der Waals surface area contributed by atoms with Gasteiger partial charge in [0.2, 0.25) is 0 Å². The molecule has 0 saturated carbocycles. The fraction of sp³-hybridized carbons (Fsp3) is 0.471. The molecule has 0 aliphatic carbocycles. The average Bonchev–Trinajstić information content (AvgIpc) is 3.12. The molecule has 1 aliphatic rings. The van der Waals surface area contributed by atoms with Gasteiger partial charge in [0.15, 0.2) is 17.3 Å². The minimum atomic E-state index is -0.460. The number of amides is 1. The Morgan fingerprint density at radius 1 is 1.44 bits per heavy atom. The first-order chi connectivity index (χ1) is 12.1. The van der Waals surface area contributed by atoms with Crippen molar-refractivity contribution in [1.82, 2.24) is 25.6 Å². The van der Waals surface area contributed by atoms with Crippen LogP contribution < -0.4 is 15.4 Å². The van der Waals surface area contributed by atoms with Crippen LogP contribution in [0.15, 0.2) is 24.4 Å². The van der Waals surface area contributed by atoms with Crippen LogP contribution in [0.25, 0.3) is 0 Å². The Morgan fingerprint density at radius 2 is 2.20 bits per heavy atom. The second-order valence-corrected chi connectivity index (χ2v) is 6.15. The molecule has 1 aromatic carbocycles. The first-order valence-corrected chi connectivity index (χ1v) is 8.35. The first kappa shape index (κ1) is 17.3. The number of benzene rings is 1. The van der Waals surface area contributed by atoms with Gasteiger partial charge in [-0.05, 0) is 50.6 Å². The fourth-order valence-electron chi connectivity index (χ4n) is 2.94. The summed E-state index contributed by atoms with van der Waals surface area (Å²) in [7, 11) is 1.41. The average molecular weight is 347 g/mol. The van der Waals surface area contributed by atoms with Gasteiger partial charge < -0.3 is 15.4 Å². The second-order valence-electron chi connectivity index (χ2n) is 6.15. The van der Waals surface area contributed by atoms with Crippen LogP contribution in [0.1, 0.15) is 47.9 Å². The van der Waals surface area contributed by atoms with Crippen molar-refractivity contribution in [3.8, 4) is 5.75 Å². The number of aromatic nitrogens is 3. The highest BCUT2D eigenvalue weighted by Crippen LogP contribution is 2.22. The van der Waals surface area contributed by atoms with Gasteiger partial charge in [-0.15, -0.1) is 5.10 Å². The topological polar surface area (TPSA) is 81.1 Å². The number of carbonyl (C=O) groups is 1. The number of halogens is 1. The van der Waals surface area contributed by atoms with E-state index in [1.54, 1.807) is 29.9 Å². The van der Waals surface area contributed by atoms with E-state index >= 15 is 0 Å². The van der Waals surface area contributed by atoms with Crippen LogP contribution in [-0.4, -0.2) is 41.1 Å². The minimum absolute atomic E-state index is 0.173. The van der Waals surface area contributed by atoms with Gasteiger partial charge in [-0.3, -0.25) is 4.79 Å². The Morgan fingerprint density at radius 3 is 2.88 bits per heavy atom. The number of piperidine rings is 1. The van der Waals surface area contributed by atoms with Gasteiger partial charge in [0.1, 0.15) is 0 Å². The van der Waals surface area contributed by atoms with Crippen LogP contribution in [0.4, 0.5) is 4.39 Å². The number of nitrogens with zero attached hydrogens (tertiary/aromatic N) is 3. The molecule has 0 spiro atoms. The summed E-state index contributed by atoms with van der Waals surface area (Å²) < 4.78 is 20.5. The summed E-state index contributed by atoms with van der Waals surface area (Å²) >= 11 is 0. The molecule has 134 valence electrons. The fourth-order valence-corrected chi connectivity index (χ4v) is 2.94. The Kier molecular flexibility index (Phi) is 5.28. The van der Waals surface area contributed by atoms with Crippen molar-refractivity contribution >= 4 is 5.91 Å². The molecule has 7 nitrogen and oxygen atoms in total. The summed E-state index contributed by atoms with van der Waals surface area (Å²) in [6.45, 7) is 3.66. The van der Waals surface area contributed by atoms with Crippen LogP contribution in [0.5, 0.6) is 5.75 Å². The van der Waals surface area contributed by atoms with Crippen LogP contribution in [0, 0.1) is 5.82 Å². The van der Waals surface area contributed by atoms with Crippen molar-refractivity contribution in [2.24, 2.45) is 0 Å². The zero-order valence-electron chi connectivity index (χ0n) is 14.3. The minimum Gasteiger partial charge on any atom is -0.494 e. The third-order valence-corrected chi connectivity index (χ3v) is 4.45. The summed E-state index contributed by atoms with van der Waals surface area (Å²) in [5.41, 5.74) is 0.914. The number of carbonyl (C=O) groups excluding carboxylic acids is 1. The first-order valence-electron chi connectivity index (χ1n) is 8.35. The lowest BCUT2D eigenvalue weighted by molar-refractivity contribution is 0.0934. The number of nitrogens with one attached hydrogen (secondary N) is 2. The van der Waals surface area contributed by atoms with E-state index < -0.39 is 5.82 Å². The Bertz CT molecular complexity index is 742. The van der Waals surface area contributed by atoms with Crippen LogP contribution >= 0.6 is 0 Å². The second kappa shape index (κ2) is 7.60. The molecule has 0 unspecified atom stereocenters. The van der Waals surface area contributed by atoms with E-state index in [1.807, 2.05) is 0 Å². The van der Waals surface area contributed by atoms with Gasteiger partial charge in [-0.2, -0.15) is 0 Å². The number of hydrogen-bond donors (Lipinski definition) is 2. The summed E-state index contributed by atoms with van der Waals surface area (Å²) in [5.74, 6) is -0.617. The summed E-state index contributed by atoms with van der Waals surface area (Å²) in [6, 6.07) is 4.52. The maximum Gasteiger partial charge on any atom is 0.273 e. The van der Waals surface area contributed by atoms with Crippen LogP contribution in [-0.2, 0) is 0 Å². The van der Waals surface area contributed by atoms with E-state index in [2.05, 4.69) is 20.9 Å². The maximum atomic E-state index is 13.8. The van der Waals surface area contributed by atoms with E-state index in [0.29, 0.717) is 5.56 Å². The quantitative estimate of drug-likeness (QED) is 0.863. The van der Waals surface area contributed by atoms with Crippen molar-refractivity contribution < 1.29 is 13.9 Å². The van der Waals surface area contributed by atoms with Crippen molar-refractivity contribution in [2.75, 3.05) is 20.2 Å². The molecule has 1 amide bonds. The number of hydrogen-bond acceptors (Lipinski definition) is 5. The van der Waals surface area contributed by atoms with E-state index in [4.69, 9.17) is 4.74 Å². The van der Waals surface area contributed by atoms with Gasteiger partial charge in [0, 0.05) is 0 Å². The van der Waals surface area contributed by atoms with Crippen molar-refractivity contribution in [3.63, 3.8) is 0 Å². The Hall–Kier alpha value is -2.48. The molecule has 2 N–H and O–H groups in total. The van der Waals surface area contributed by atoms with Crippen LogP contribution in [0.2, 0.25) is 0 Å². The molecule has 1 aromatic heterocycles. The summed E-state index contributed by atoms with van der Waals surface area (Å²) in [5, 5.41) is 14.2. The van der Waals surface area contributed by atoms with Gasteiger partial charge in [-0.1, -0.05) is 11.3 Å². The molecule has 0 bridgehead atoms. The van der Waals surface area contributed by atoms with E-state index in [1.165, 1.54) is 13.2 Å². The molecule has 1 atom stereocenters. The lowest BCUT2D eigenvalue weighted by Gasteiger charge is -2.22. The van der Waals surface area contributed by atoms with Crippen molar-refractivity contribution in [3.05, 3.63) is 41.5 Å². The molecule has 1 saturated heterocycles. The predicted molar refractivity (Wildman–Crippen MR) is 90.0 cm³/mol. The summed E-state index contributed by atoms with van der Waals surface area (Å²) in [4.78, 5) is 12.4. The summed E-state index contributed by atoms with van der Waals surface area (Å²) in [6.07, 6.45) is 3.60. The molecule has 2 heterocycles. The highest BCUT2D eigenvalue weighted by atomic mass is 19.1. The zero-order valence-corrected chi connectivity index (χ0v) is 14.3. The molecule has 1 aliphatic heterocycles. The normalized spacial score (nSPS) is 16.4. The molecule has 25 heavy (non-hydrogen) atoms. The standard InChI is InChI=1S/C17H22FN5O2/c1-11(12-3-4-16(25-2)14(18)9-12)20-17(24)15-10-23(22-21-15)13-5-7-19-8-6-13/h3-4,9-11,13,19H,5-8H2,1-2H3,(H,20,24)/t11-/m1/s1. The molecule has 8 heteroatoms. The van der Waals surface area contributed by atoms with Gasteiger partial charge in [-0.25, -0.2) is 9.07 Å². The number of rotatable bonds is 5. The zero-order chi connectivity index (χ0) is 17.8. The maximum absolute atomic E-state index is 13.8. The van der Waals surface area contributed by atoms with Crippen LogP contribution in [0.3, 0.4) is 0 Å². The van der Waals surface area contributed by atoms with E-state index in [-0.39, 0.29) is 29.4 Å². The Labute approximate surface area is 145 Å². The van der Waals surface area contributed by atoms with Gasteiger partial charge in [0.05, 0.1) is 25.4 Å². The molecule has 0 radical (unpaired) electrons. The van der Waals surface area contributed by atoms with E-state index in [9.17, 15) is 9.18 Å². The molecule has 1 fully saturated rings. The Balaban J connectivity index is 1.65. The van der Waals surface area contributed by atoms with Crippen molar-refractivity contribution in [1.29, 1.82) is 0 Å². The smallest absolute Gasteiger partial charge is 0.273 e. The monoisotopic (exact) mass is 347 g/mol. The lowest BCUT2D eigenvalue weighted by Crippen LogP contribution is -2.29. The third-order valence-electron chi connectivity index (χ3n) is 4.45. The SMILES string of the molecule is COc1ccc([C@@H](C)NC(=O)c2cn(C3CCNCC3)nn2)cc1F. The lowest BCUT2D eigenvalue weighted by atomic mass is 10.1. The molecule has 3 rings (SSSR count). The third kappa shape index (κ3) is 3.96. The van der Waals surface area contributed by atoms with Gasteiger partial charge >= 0.3 is 0 Å². The van der Waals surface area contributed by atoms with E-state index in [0.717, 1.165) is 25.9 Å². The molecule has 2 aromatic rings. The molecular weight excluding hydrogens is 325 g/mol. The highest BCUT2D eigenvalue weighted by molar-refractivity contribution is 5.92. The predicted octanol–water partition coefficient (Wildman–Crippen LogP) is 1.84. The highest BCUT2D eigenvalue weighted by Gasteiger charge is 2.20. The number of methoxy groups -OCH3 is 1. The van der Waals surface area contributed by atoms with Gasteiger partial charge in [0.25, 0.3) is 5.91 Å². The molecular formula is C17H22FN5O2. The number of ether oxygens (including phenoxy) is 1. The van der Waals surface area contributed by atoms with Crippen molar-refractivity contribution in [2.45, 2.75) is 31.8 Å².